The van der Waals surface area contributed by atoms with Gasteiger partial charge in [-0.1, -0.05) is 289 Å². The largest absolute Gasteiger partial charge is 0.462 e. The van der Waals surface area contributed by atoms with E-state index in [9.17, 15) is 14.4 Å². The van der Waals surface area contributed by atoms with Crippen molar-refractivity contribution >= 4 is 17.9 Å². The van der Waals surface area contributed by atoms with Gasteiger partial charge in [0.25, 0.3) is 0 Å². The maximum absolute atomic E-state index is 12.9. The molecule has 0 saturated heterocycles. The first-order chi connectivity index (χ1) is 39.0. The first kappa shape index (κ1) is 74.5. The summed E-state index contributed by atoms with van der Waals surface area (Å²) in [5.74, 6) is -0.905. The third-order valence-corrected chi connectivity index (χ3v) is 13.7. The van der Waals surface area contributed by atoms with Crippen LogP contribution in [-0.2, 0) is 28.6 Å². The van der Waals surface area contributed by atoms with E-state index in [1.807, 2.05) is 0 Å². The molecular formula is C73H120O6. The second-order valence-corrected chi connectivity index (χ2v) is 21.3. The van der Waals surface area contributed by atoms with E-state index >= 15 is 0 Å². The Labute approximate surface area is 487 Å². The van der Waals surface area contributed by atoms with Crippen LogP contribution in [0.25, 0.3) is 0 Å². The van der Waals surface area contributed by atoms with E-state index in [0.29, 0.717) is 19.3 Å². The van der Waals surface area contributed by atoms with Crippen molar-refractivity contribution in [2.75, 3.05) is 13.2 Å². The molecular weight excluding hydrogens is 973 g/mol. The summed E-state index contributed by atoms with van der Waals surface area (Å²) in [7, 11) is 0. The highest BCUT2D eigenvalue weighted by Crippen LogP contribution is 2.16. The molecule has 1 atom stereocenters. The number of allylic oxidation sites excluding steroid dienone is 22. The van der Waals surface area contributed by atoms with Crippen LogP contribution in [0, 0.1) is 0 Å². The number of carbonyl (C=O) groups is 3. The minimum Gasteiger partial charge on any atom is -0.462 e. The highest BCUT2D eigenvalue weighted by Gasteiger charge is 2.19. The molecule has 0 bridgehead atoms. The van der Waals surface area contributed by atoms with Gasteiger partial charge in [0.15, 0.2) is 6.10 Å². The molecule has 0 aliphatic carbocycles. The third kappa shape index (κ3) is 64.3. The van der Waals surface area contributed by atoms with Crippen LogP contribution in [0.4, 0.5) is 0 Å². The van der Waals surface area contributed by atoms with Gasteiger partial charge in [0, 0.05) is 19.3 Å². The van der Waals surface area contributed by atoms with Crippen LogP contribution in [-0.4, -0.2) is 37.2 Å². The van der Waals surface area contributed by atoms with Gasteiger partial charge in [0.2, 0.25) is 0 Å². The molecule has 0 fully saturated rings. The molecule has 0 rings (SSSR count). The summed E-state index contributed by atoms with van der Waals surface area (Å²) in [4.78, 5) is 38.3. The van der Waals surface area contributed by atoms with Crippen molar-refractivity contribution in [3.05, 3.63) is 134 Å². The molecule has 0 amide bonds. The first-order valence-corrected chi connectivity index (χ1v) is 32.7. The zero-order valence-electron chi connectivity index (χ0n) is 51.3. The Morgan fingerprint density at radius 2 is 0.494 bits per heavy atom. The fraction of sp³-hybridized carbons (Fsp3) is 0.658. The van der Waals surface area contributed by atoms with E-state index in [2.05, 4.69) is 154 Å². The van der Waals surface area contributed by atoms with Gasteiger partial charge in [-0.15, -0.1) is 0 Å². The van der Waals surface area contributed by atoms with Crippen LogP contribution < -0.4 is 0 Å². The molecule has 0 aliphatic heterocycles. The van der Waals surface area contributed by atoms with Crippen LogP contribution in [0.1, 0.15) is 290 Å². The monoisotopic (exact) mass is 1090 g/mol. The van der Waals surface area contributed by atoms with Gasteiger partial charge in [0.1, 0.15) is 13.2 Å². The van der Waals surface area contributed by atoms with Crippen LogP contribution in [0.2, 0.25) is 0 Å². The molecule has 0 N–H and O–H groups in total. The van der Waals surface area contributed by atoms with Gasteiger partial charge < -0.3 is 14.2 Å². The number of hydrogen-bond donors (Lipinski definition) is 0. The number of hydrogen-bond acceptors (Lipinski definition) is 6. The molecule has 1 unspecified atom stereocenters. The van der Waals surface area contributed by atoms with Crippen molar-refractivity contribution in [2.24, 2.45) is 0 Å². The Hall–Kier alpha value is -4.45. The number of esters is 3. The standard InChI is InChI=1S/C73H120O6/c1-4-7-10-13-16-19-22-24-26-28-30-32-34-36-38-40-42-44-46-48-51-54-57-60-63-66-72(75)78-69-70(68-77-71(74)65-62-59-56-53-50-21-18-15-12-9-6-3)79-73(76)67-64-61-58-55-52-49-47-45-43-41-39-37-35-33-31-29-27-25-23-20-17-14-11-8-5-2/h7-8,10-11,16-17,19-20,24-27,30-33,36-39,42,44,70H,4-6,9,12-15,18,21-23,28-29,34-35,40-41,43,45-69H2,1-3H3/b10-7-,11-8-,19-16-,20-17-,26-24-,27-25-,32-30-,33-31-,38-36-,39-37-,44-42-. The summed E-state index contributed by atoms with van der Waals surface area (Å²) in [6.45, 7) is 6.40. The fourth-order valence-corrected chi connectivity index (χ4v) is 8.83. The zero-order valence-corrected chi connectivity index (χ0v) is 51.3. The van der Waals surface area contributed by atoms with Crippen LogP contribution in [0.3, 0.4) is 0 Å². The second-order valence-electron chi connectivity index (χ2n) is 21.3. The minimum atomic E-state index is -0.792. The van der Waals surface area contributed by atoms with E-state index in [1.165, 1.54) is 103 Å². The number of unbranched alkanes of at least 4 members (excludes halogenated alkanes) is 25. The molecule has 0 aromatic heterocycles. The Bertz CT molecular complexity index is 1680. The molecule has 79 heavy (non-hydrogen) atoms. The average molecular weight is 1090 g/mol. The molecule has 0 heterocycles. The lowest BCUT2D eigenvalue weighted by Crippen LogP contribution is -2.30. The Balaban J connectivity index is 4.35. The summed E-state index contributed by atoms with van der Waals surface area (Å²) >= 11 is 0. The molecule has 6 heteroatoms. The van der Waals surface area contributed by atoms with Gasteiger partial charge in [-0.3, -0.25) is 14.4 Å². The maximum atomic E-state index is 12.9. The molecule has 0 spiro atoms. The quantitative estimate of drug-likeness (QED) is 0.0261. The normalized spacial score (nSPS) is 13.0. The predicted octanol–water partition coefficient (Wildman–Crippen LogP) is 22.5. The van der Waals surface area contributed by atoms with E-state index in [4.69, 9.17) is 14.2 Å². The van der Waals surface area contributed by atoms with Gasteiger partial charge in [-0.2, -0.15) is 0 Å². The summed E-state index contributed by atoms with van der Waals surface area (Å²) in [5, 5.41) is 0. The lowest BCUT2D eigenvalue weighted by atomic mass is 10.1. The van der Waals surface area contributed by atoms with Gasteiger partial charge in [-0.25, -0.2) is 0 Å². The Kier molecular flexibility index (Phi) is 62.3. The molecule has 0 aromatic carbocycles. The molecule has 0 aliphatic rings. The van der Waals surface area contributed by atoms with Crippen LogP contribution in [0.15, 0.2) is 134 Å². The molecule has 0 radical (unpaired) electrons. The second kappa shape index (κ2) is 66.1. The minimum absolute atomic E-state index is 0.0865. The van der Waals surface area contributed by atoms with Crippen molar-refractivity contribution in [2.45, 2.75) is 297 Å². The van der Waals surface area contributed by atoms with Crippen molar-refractivity contribution in [1.82, 2.24) is 0 Å². The molecule has 6 nitrogen and oxygen atoms in total. The smallest absolute Gasteiger partial charge is 0.306 e. The lowest BCUT2D eigenvalue weighted by molar-refractivity contribution is -0.167. The highest BCUT2D eigenvalue weighted by molar-refractivity contribution is 5.71. The predicted molar refractivity (Wildman–Crippen MR) is 343 cm³/mol. The van der Waals surface area contributed by atoms with Gasteiger partial charge in [0.05, 0.1) is 0 Å². The van der Waals surface area contributed by atoms with E-state index in [-0.39, 0.29) is 31.1 Å². The molecule has 0 aromatic rings. The summed E-state index contributed by atoms with van der Waals surface area (Å²) in [6.07, 6.45) is 93.1. The lowest BCUT2D eigenvalue weighted by Gasteiger charge is -2.18. The third-order valence-electron chi connectivity index (χ3n) is 13.7. The Morgan fingerprint density at radius 3 is 0.772 bits per heavy atom. The van der Waals surface area contributed by atoms with Crippen LogP contribution in [0.5, 0.6) is 0 Å². The maximum Gasteiger partial charge on any atom is 0.306 e. The topological polar surface area (TPSA) is 78.9 Å². The average Bonchev–Trinajstić information content (AvgIpc) is 3.45. The molecule has 448 valence electrons. The summed E-state index contributed by atoms with van der Waals surface area (Å²) in [6, 6.07) is 0. The fourth-order valence-electron chi connectivity index (χ4n) is 8.83. The highest BCUT2D eigenvalue weighted by atomic mass is 16.6. The number of rotatable bonds is 58. The number of ether oxygens (including phenoxy) is 3. The van der Waals surface area contributed by atoms with Crippen LogP contribution >= 0.6 is 0 Å². The van der Waals surface area contributed by atoms with Gasteiger partial charge in [-0.05, 0) is 116 Å². The molecule has 0 saturated carbocycles. The van der Waals surface area contributed by atoms with Crippen molar-refractivity contribution in [3.8, 4) is 0 Å². The van der Waals surface area contributed by atoms with Crippen molar-refractivity contribution < 1.29 is 28.6 Å². The van der Waals surface area contributed by atoms with Gasteiger partial charge >= 0.3 is 17.9 Å². The zero-order chi connectivity index (χ0) is 57.1. The number of carbonyl (C=O) groups excluding carboxylic acids is 3. The summed E-state index contributed by atoms with van der Waals surface area (Å²) in [5.41, 5.74) is 0. The first-order valence-electron chi connectivity index (χ1n) is 32.7. The Morgan fingerprint density at radius 1 is 0.266 bits per heavy atom. The van der Waals surface area contributed by atoms with E-state index in [1.54, 1.807) is 0 Å². The van der Waals surface area contributed by atoms with E-state index < -0.39 is 6.10 Å². The SMILES string of the molecule is CC/C=C\C/C=C\C/C=C\C/C=C\C/C=C\C/C=C\CCCCCCCCC(=O)OCC(COC(=O)CCCCCCCCCCCCC)OC(=O)CCCCCCCCCCC/C=C\C/C=C\C/C=C\C/C=C\C/C=C\CC. The summed E-state index contributed by atoms with van der Waals surface area (Å²) < 4.78 is 16.9. The van der Waals surface area contributed by atoms with E-state index in [0.717, 1.165) is 148 Å². The van der Waals surface area contributed by atoms with Crippen molar-refractivity contribution in [1.29, 1.82) is 0 Å². The van der Waals surface area contributed by atoms with Crippen molar-refractivity contribution in [3.63, 3.8) is 0 Å².